The van der Waals surface area contributed by atoms with E-state index < -0.39 is 10.0 Å². The van der Waals surface area contributed by atoms with E-state index in [0.29, 0.717) is 29.3 Å². The molecular formula is C27H24N2O4S. The summed E-state index contributed by atoms with van der Waals surface area (Å²) in [5, 5.41) is 2.80. The van der Waals surface area contributed by atoms with E-state index in [1.54, 1.807) is 48.5 Å². The van der Waals surface area contributed by atoms with Gasteiger partial charge in [-0.1, -0.05) is 42.5 Å². The Bertz CT molecular complexity index is 1350. The predicted molar refractivity (Wildman–Crippen MR) is 135 cm³/mol. The second-order valence-corrected chi connectivity index (χ2v) is 9.17. The van der Waals surface area contributed by atoms with Crippen molar-refractivity contribution in [2.24, 2.45) is 0 Å². The third-order valence-electron chi connectivity index (χ3n) is 5.09. The number of anilines is 2. The highest BCUT2D eigenvalue weighted by Crippen LogP contribution is 2.22. The number of carbonyl (C=O) groups excluding carboxylic acids is 1. The quantitative estimate of drug-likeness (QED) is 0.339. The minimum absolute atomic E-state index is 0.0894. The average Bonchev–Trinajstić information content (AvgIpc) is 2.86. The molecule has 4 aromatic rings. The molecule has 0 saturated heterocycles. The van der Waals surface area contributed by atoms with Crippen molar-refractivity contribution in [3.8, 4) is 16.9 Å². The minimum Gasteiger partial charge on any atom is -0.494 e. The second-order valence-electron chi connectivity index (χ2n) is 7.48. The molecule has 4 rings (SSSR count). The van der Waals surface area contributed by atoms with E-state index in [-0.39, 0.29) is 10.8 Å². The lowest BCUT2D eigenvalue weighted by Crippen LogP contribution is -2.14. The molecule has 0 aliphatic rings. The summed E-state index contributed by atoms with van der Waals surface area (Å²) in [5.74, 6) is 0.392. The topological polar surface area (TPSA) is 84.5 Å². The zero-order valence-electron chi connectivity index (χ0n) is 18.6. The van der Waals surface area contributed by atoms with Crippen LogP contribution in [0.4, 0.5) is 11.4 Å². The average molecular weight is 473 g/mol. The molecule has 0 aliphatic carbocycles. The fraction of sp³-hybridized carbons (Fsp3) is 0.0741. The molecule has 172 valence electrons. The molecule has 0 atom stereocenters. The molecule has 6 nitrogen and oxygen atoms in total. The first-order valence-corrected chi connectivity index (χ1v) is 12.3. The number of carbonyl (C=O) groups is 1. The number of ether oxygens (including phenoxy) is 1. The molecule has 0 unspecified atom stereocenters. The van der Waals surface area contributed by atoms with Gasteiger partial charge < -0.3 is 10.1 Å². The van der Waals surface area contributed by atoms with Crippen LogP contribution in [-0.4, -0.2) is 20.9 Å². The highest BCUT2D eigenvalue weighted by atomic mass is 32.2. The van der Waals surface area contributed by atoms with Crippen LogP contribution in [0.15, 0.2) is 108 Å². The summed E-state index contributed by atoms with van der Waals surface area (Å²) in [4.78, 5) is 12.7. The Morgan fingerprint density at radius 3 is 1.94 bits per heavy atom. The van der Waals surface area contributed by atoms with Crippen molar-refractivity contribution in [1.29, 1.82) is 0 Å². The first-order valence-electron chi connectivity index (χ1n) is 10.8. The molecule has 0 spiro atoms. The van der Waals surface area contributed by atoms with Crippen LogP contribution in [0.5, 0.6) is 5.75 Å². The first-order chi connectivity index (χ1) is 16.4. The number of benzene rings is 4. The van der Waals surface area contributed by atoms with Gasteiger partial charge in [0, 0.05) is 16.9 Å². The summed E-state index contributed by atoms with van der Waals surface area (Å²) in [6.07, 6.45) is 0. The Morgan fingerprint density at radius 1 is 0.735 bits per heavy atom. The molecule has 2 N–H and O–H groups in total. The zero-order chi connectivity index (χ0) is 24.0. The van der Waals surface area contributed by atoms with Crippen molar-refractivity contribution in [3.63, 3.8) is 0 Å². The van der Waals surface area contributed by atoms with Gasteiger partial charge in [-0.25, -0.2) is 8.42 Å². The van der Waals surface area contributed by atoms with Crippen LogP contribution < -0.4 is 14.8 Å². The van der Waals surface area contributed by atoms with Crippen LogP contribution in [-0.2, 0) is 10.0 Å². The number of amides is 1. The van der Waals surface area contributed by atoms with Gasteiger partial charge in [0.2, 0.25) is 0 Å². The maximum Gasteiger partial charge on any atom is 0.261 e. The van der Waals surface area contributed by atoms with Gasteiger partial charge in [0.15, 0.2) is 0 Å². The van der Waals surface area contributed by atoms with Gasteiger partial charge in [-0.2, -0.15) is 0 Å². The third-order valence-corrected chi connectivity index (χ3v) is 6.49. The first kappa shape index (κ1) is 23.1. The summed E-state index contributed by atoms with van der Waals surface area (Å²) >= 11 is 0. The van der Waals surface area contributed by atoms with Crippen LogP contribution in [0.2, 0.25) is 0 Å². The minimum atomic E-state index is -3.77. The zero-order valence-corrected chi connectivity index (χ0v) is 19.4. The predicted octanol–water partition coefficient (Wildman–Crippen LogP) is 5.81. The standard InChI is InChI=1S/C27H24N2O4S/c1-2-33-25-16-12-24(13-17-25)29-34(31,32)26-18-14-23(15-19-26)28-27(30)22-10-8-21(9-11-22)20-6-4-3-5-7-20/h3-19,29H,2H2,1H3,(H,28,30). The number of rotatable bonds is 8. The second kappa shape index (κ2) is 10.2. The molecule has 7 heteroatoms. The molecule has 0 aromatic heterocycles. The monoisotopic (exact) mass is 472 g/mol. The Morgan fingerprint density at radius 2 is 1.32 bits per heavy atom. The Hall–Kier alpha value is -4.10. The van der Waals surface area contributed by atoms with Crippen molar-refractivity contribution in [2.45, 2.75) is 11.8 Å². The van der Waals surface area contributed by atoms with E-state index in [1.807, 2.05) is 49.4 Å². The van der Waals surface area contributed by atoms with Crippen LogP contribution in [0.3, 0.4) is 0 Å². The van der Waals surface area contributed by atoms with Crippen molar-refractivity contribution in [3.05, 3.63) is 109 Å². The molecule has 0 saturated carbocycles. The van der Waals surface area contributed by atoms with E-state index in [9.17, 15) is 13.2 Å². The van der Waals surface area contributed by atoms with E-state index in [2.05, 4.69) is 10.0 Å². The van der Waals surface area contributed by atoms with E-state index in [0.717, 1.165) is 11.1 Å². The number of sulfonamides is 1. The number of hydrogen-bond donors (Lipinski definition) is 2. The van der Waals surface area contributed by atoms with Crippen LogP contribution in [0, 0.1) is 0 Å². The van der Waals surface area contributed by atoms with Gasteiger partial charge in [0.05, 0.1) is 11.5 Å². The van der Waals surface area contributed by atoms with Crippen LogP contribution in [0.1, 0.15) is 17.3 Å². The van der Waals surface area contributed by atoms with Gasteiger partial charge >= 0.3 is 0 Å². The molecule has 1 amide bonds. The molecule has 0 radical (unpaired) electrons. The SMILES string of the molecule is CCOc1ccc(NS(=O)(=O)c2ccc(NC(=O)c3ccc(-c4ccccc4)cc3)cc2)cc1. The smallest absolute Gasteiger partial charge is 0.261 e. The fourth-order valence-electron chi connectivity index (χ4n) is 3.37. The Labute approximate surface area is 199 Å². The van der Waals surface area contributed by atoms with E-state index in [1.165, 1.54) is 12.1 Å². The van der Waals surface area contributed by atoms with E-state index >= 15 is 0 Å². The van der Waals surface area contributed by atoms with Crippen molar-refractivity contribution >= 4 is 27.3 Å². The molecule has 0 aliphatic heterocycles. The Kier molecular flexibility index (Phi) is 6.94. The third kappa shape index (κ3) is 5.63. The summed E-state index contributed by atoms with van der Waals surface area (Å²) in [6.45, 7) is 2.41. The molecular weight excluding hydrogens is 448 g/mol. The van der Waals surface area contributed by atoms with Crippen LogP contribution in [0.25, 0.3) is 11.1 Å². The van der Waals surface area contributed by atoms with Gasteiger partial charge in [0.25, 0.3) is 15.9 Å². The molecule has 0 bridgehead atoms. The van der Waals surface area contributed by atoms with Crippen molar-refractivity contribution < 1.29 is 17.9 Å². The molecule has 34 heavy (non-hydrogen) atoms. The van der Waals surface area contributed by atoms with Gasteiger partial charge in [-0.05, 0) is 78.7 Å². The molecule has 4 aromatic carbocycles. The van der Waals surface area contributed by atoms with Gasteiger partial charge in [0.1, 0.15) is 5.75 Å². The van der Waals surface area contributed by atoms with Crippen molar-refractivity contribution in [1.82, 2.24) is 0 Å². The number of nitrogens with one attached hydrogen (secondary N) is 2. The van der Waals surface area contributed by atoms with Gasteiger partial charge in [-0.15, -0.1) is 0 Å². The maximum atomic E-state index is 12.7. The highest BCUT2D eigenvalue weighted by Gasteiger charge is 2.15. The Balaban J connectivity index is 1.40. The fourth-order valence-corrected chi connectivity index (χ4v) is 4.42. The summed E-state index contributed by atoms with van der Waals surface area (Å²) < 4.78 is 33.3. The molecule has 0 heterocycles. The summed E-state index contributed by atoms with van der Waals surface area (Å²) in [7, 11) is -3.77. The normalized spacial score (nSPS) is 11.0. The number of hydrogen-bond acceptors (Lipinski definition) is 4. The van der Waals surface area contributed by atoms with Crippen molar-refractivity contribution in [2.75, 3.05) is 16.6 Å². The maximum absolute atomic E-state index is 12.7. The van der Waals surface area contributed by atoms with Crippen LogP contribution >= 0.6 is 0 Å². The summed E-state index contributed by atoms with van der Waals surface area (Å²) in [6, 6.07) is 29.9. The van der Waals surface area contributed by atoms with Gasteiger partial charge in [-0.3, -0.25) is 9.52 Å². The lowest BCUT2D eigenvalue weighted by Gasteiger charge is -2.10. The lowest BCUT2D eigenvalue weighted by molar-refractivity contribution is 0.102. The highest BCUT2D eigenvalue weighted by molar-refractivity contribution is 7.92. The molecule has 0 fully saturated rings. The van der Waals surface area contributed by atoms with E-state index in [4.69, 9.17) is 4.74 Å². The lowest BCUT2D eigenvalue weighted by atomic mass is 10.0. The summed E-state index contributed by atoms with van der Waals surface area (Å²) in [5.41, 5.74) is 3.53. The largest absolute Gasteiger partial charge is 0.494 e.